The molecule has 5 rings (SSSR count). The van der Waals surface area contributed by atoms with Crippen LogP contribution in [0.4, 0.5) is 30.8 Å². The molecule has 2 saturated carbocycles. The number of nitrogens with zero attached hydrogens (tertiary/aromatic N) is 3. The van der Waals surface area contributed by atoms with Gasteiger partial charge in [0.05, 0.1) is 12.6 Å². The summed E-state index contributed by atoms with van der Waals surface area (Å²) >= 11 is 6.03. The van der Waals surface area contributed by atoms with E-state index in [-0.39, 0.29) is 41.8 Å². The molecule has 2 unspecified atom stereocenters. The zero-order chi connectivity index (χ0) is 39.3. The van der Waals surface area contributed by atoms with E-state index in [0.717, 1.165) is 31.9 Å². The lowest BCUT2D eigenvalue weighted by molar-refractivity contribution is -0.154. The Morgan fingerprint density at radius 1 is 0.963 bits per heavy atom. The number of aromatic nitrogens is 3. The van der Waals surface area contributed by atoms with Crippen molar-refractivity contribution in [2.24, 2.45) is 11.3 Å². The molecule has 2 aliphatic carbocycles. The van der Waals surface area contributed by atoms with Gasteiger partial charge in [-0.05, 0) is 91.8 Å². The van der Waals surface area contributed by atoms with Gasteiger partial charge in [-0.2, -0.15) is 28.1 Å². The summed E-state index contributed by atoms with van der Waals surface area (Å²) in [5.41, 5.74) is 0.887. The zero-order valence-electron chi connectivity index (χ0n) is 30.3. The van der Waals surface area contributed by atoms with Crippen LogP contribution in [0.5, 0.6) is 6.01 Å². The second kappa shape index (κ2) is 16.6. The predicted molar refractivity (Wildman–Crippen MR) is 193 cm³/mol. The van der Waals surface area contributed by atoms with Gasteiger partial charge in [-0.25, -0.2) is 4.79 Å². The number of ketones is 1. The van der Waals surface area contributed by atoms with Gasteiger partial charge < -0.3 is 30.7 Å². The number of rotatable bonds is 15. The average molecular weight is 774 g/mol. The van der Waals surface area contributed by atoms with Crippen molar-refractivity contribution < 1.29 is 41.8 Å². The smallest absolute Gasteiger partial charge is 0.422 e. The Hall–Kier alpha value is -4.99. The molecule has 2 aliphatic rings. The van der Waals surface area contributed by atoms with Gasteiger partial charge in [0.15, 0.2) is 6.61 Å². The molecule has 2 aromatic carbocycles. The van der Waals surface area contributed by atoms with Gasteiger partial charge in [0.25, 0.3) is 11.8 Å². The maximum absolute atomic E-state index is 13.1. The topological polar surface area (TPSA) is 174 Å². The van der Waals surface area contributed by atoms with E-state index in [0.29, 0.717) is 29.5 Å². The molecule has 0 spiro atoms. The number of carbonyl (C=O) groups is 4. The van der Waals surface area contributed by atoms with Crippen molar-refractivity contribution in [3.8, 4) is 6.01 Å². The number of hydrogen-bond acceptors (Lipinski definition) is 11. The summed E-state index contributed by atoms with van der Waals surface area (Å²) in [4.78, 5) is 63.4. The van der Waals surface area contributed by atoms with E-state index < -0.39 is 53.9 Å². The molecule has 2 fully saturated rings. The SMILES string of the molecule is COC(=O)[C@H](CCC(=O)C(=O)NC1CC(C)CC(C)(C)C1)NC(=O)c1ccc(Nc2nc(NC3(c4ccc(Cl)cc4)CC3)nc(OCC(F)(F)F)n2)cc1. The van der Waals surface area contributed by atoms with Crippen molar-refractivity contribution in [1.29, 1.82) is 0 Å². The Morgan fingerprint density at radius 3 is 2.24 bits per heavy atom. The number of alkyl halides is 3. The van der Waals surface area contributed by atoms with E-state index in [1.54, 1.807) is 12.1 Å². The molecule has 0 saturated heterocycles. The Bertz CT molecular complexity index is 1840. The predicted octanol–water partition coefficient (Wildman–Crippen LogP) is 6.26. The number of esters is 1. The third kappa shape index (κ3) is 11.3. The van der Waals surface area contributed by atoms with Crippen molar-refractivity contribution >= 4 is 52.8 Å². The van der Waals surface area contributed by atoms with E-state index in [9.17, 15) is 32.3 Å². The fourth-order valence-electron chi connectivity index (χ4n) is 6.85. The van der Waals surface area contributed by atoms with Gasteiger partial charge >= 0.3 is 18.2 Å². The van der Waals surface area contributed by atoms with Crippen molar-refractivity contribution in [3.63, 3.8) is 0 Å². The van der Waals surface area contributed by atoms with Gasteiger partial charge in [0.2, 0.25) is 17.7 Å². The molecule has 1 heterocycles. The molecular weight excluding hydrogens is 731 g/mol. The molecular formula is C37H43ClF3N7O6. The summed E-state index contributed by atoms with van der Waals surface area (Å²) < 4.78 is 48.6. The second-order valence-corrected chi connectivity index (χ2v) is 15.1. The quantitative estimate of drug-likeness (QED) is 0.101. The Kier molecular flexibility index (Phi) is 12.3. The molecule has 0 radical (unpaired) electrons. The van der Waals surface area contributed by atoms with Gasteiger partial charge in [-0.15, -0.1) is 0 Å². The van der Waals surface area contributed by atoms with Crippen LogP contribution in [0.3, 0.4) is 0 Å². The van der Waals surface area contributed by atoms with E-state index in [1.807, 2.05) is 12.1 Å². The first-order chi connectivity index (χ1) is 25.4. The number of amides is 2. The number of ether oxygens (including phenoxy) is 2. The number of methoxy groups -OCH3 is 1. The highest BCUT2D eigenvalue weighted by atomic mass is 35.5. The van der Waals surface area contributed by atoms with Gasteiger partial charge in [-0.3, -0.25) is 14.4 Å². The fraction of sp³-hybridized carbons (Fsp3) is 0.486. The van der Waals surface area contributed by atoms with Crippen LogP contribution in [0.25, 0.3) is 0 Å². The summed E-state index contributed by atoms with van der Waals surface area (Å²) in [6.07, 6.45) is -1.10. The molecule has 13 nitrogen and oxygen atoms in total. The van der Waals surface area contributed by atoms with Crippen molar-refractivity contribution in [2.45, 2.75) is 89.5 Å². The first-order valence-corrected chi connectivity index (χ1v) is 17.9. The summed E-state index contributed by atoms with van der Waals surface area (Å²) in [6.45, 7) is 4.76. The molecule has 1 aromatic heterocycles. The molecule has 290 valence electrons. The van der Waals surface area contributed by atoms with E-state index in [4.69, 9.17) is 21.1 Å². The van der Waals surface area contributed by atoms with E-state index in [1.165, 1.54) is 24.3 Å². The standard InChI is InChI=1S/C37H43ClF3N7O6/c1-21-17-26(19-35(2,3)18-21)42-30(51)28(49)14-13-27(31(52)53-4)44-29(50)22-5-11-25(12-6-22)43-32-45-33(47-34(46-32)54-20-37(39,40)41)48-36(15-16-36)23-7-9-24(38)10-8-23/h5-12,21,26-27H,13-20H2,1-4H3,(H,42,51)(H,44,50)(H2,43,45,46,47,48)/t21?,26?,27-/m0/s1. The van der Waals surface area contributed by atoms with Crippen LogP contribution in [0.15, 0.2) is 48.5 Å². The largest absolute Gasteiger partial charge is 0.467 e. The number of hydrogen-bond donors (Lipinski definition) is 4. The number of halogens is 4. The minimum atomic E-state index is -4.63. The van der Waals surface area contributed by atoms with Crippen LogP contribution in [-0.4, -0.2) is 70.5 Å². The molecule has 17 heteroatoms. The summed E-state index contributed by atoms with van der Waals surface area (Å²) in [6, 6.07) is 11.1. The fourth-order valence-corrected chi connectivity index (χ4v) is 6.98. The zero-order valence-corrected chi connectivity index (χ0v) is 31.1. The molecule has 0 bridgehead atoms. The normalized spacial score (nSPS) is 19.1. The van der Waals surface area contributed by atoms with Gasteiger partial charge in [-0.1, -0.05) is 44.5 Å². The summed E-state index contributed by atoms with van der Waals surface area (Å²) in [5, 5.41) is 12.0. The molecule has 0 aliphatic heterocycles. The number of carbonyl (C=O) groups excluding carboxylic acids is 4. The number of nitrogens with one attached hydrogen (secondary N) is 4. The van der Waals surface area contributed by atoms with Crippen LogP contribution < -0.4 is 26.0 Å². The Morgan fingerprint density at radius 2 is 1.63 bits per heavy atom. The van der Waals surface area contributed by atoms with Crippen LogP contribution in [-0.2, 0) is 24.7 Å². The minimum absolute atomic E-state index is 0.0227. The lowest BCUT2D eigenvalue weighted by atomic mass is 9.70. The highest BCUT2D eigenvalue weighted by molar-refractivity contribution is 6.36. The first-order valence-electron chi connectivity index (χ1n) is 17.5. The average Bonchev–Trinajstić information content (AvgIpc) is 3.88. The third-order valence-electron chi connectivity index (χ3n) is 9.31. The van der Waals surface area contributed by atoms with Crippen molar-refractivity contribution in [2.75, 3.05) is 24.4 Å². The summed E-state index contributed by atoms with van der Waals surface area (Å²) in [5.74, 6) is -2.62. The second-order valence-electron chi connectivity index (χ2n) is 14.7. The number of benzene rings is 2. The number of Topliss-reactive ketones (excluding diaryl/α,β-unsaturated/α-hetero) is 1. The van der Waals surface area contributed by atoms with Crippen LogP contribution >= 0.6 is 11.6 Å². The molecule has 3 aromatic rings. The maximum Gasteiger partial charge on any atom is 0.422 e. The first kappa shape index (κ1) is 40.2. The van der Waals surface area contributed by atoms with Crippen LogP contribution in [0.2, 0.25) is 5.02 Å². The lowest BCUT2D eigenvalue weighted by Crippen LogP contribution is -2.46. The minimum Gasteiger partial charge on any atom is -0.467 e. The molecule has 4 N–H and O–H groups in total. The van der Waals surface area contributed by atoms with Crippen molar-refractivity contribution in [1.82, 2.24) is 25.6 Å². The van der Waals surface area contributed by atoms with Gasteiger partial charge in [0, 0.05) is 28.7 Å². The molecule has 54 heavy (non-hydrogen) atoms. The van der Waals surface area contributed by atoms with Crippen LogP contribution in [0.1, 0.15) is 81.6 Å². The van der Waals surface area contributed by atoms with Crippen molar-refractivity contribution in [3.05, 3.63) is 64.7 Å². The Labute approximate surface area is 315 Å². The van der Waals surface area contributed by atoms with Gasteiger partial charge in [0.1, 0.15) is 6.04 Å². The Balaban J connectivity index is 1.22. The van der Waals surface area contributed by atoms with Crippen LogP contribution in [0, 0.1) is 11.3 Å². The third-order valence-corrected chi connectivity index (χ3v) is 9.56. The molecule has 3 atom stereocenters. The number of anilines is 3. The molecule has 2 amide bonds. The van der Waals surface area contributed by atoms with E-state index in [2.05, 4.69) is 57.0 Å². The van der Waals surface area contributed by atoms with E-state index >= 15 is 0 Å². The highest BCUT2D eigenvalue weighted by Crippen LogP contribution is 2.48. The summed E-state index contributed by atoms with van der Waals surface area (Å²) in [7, 11) is 1.15. The highest BCUT2D eigenvalue weighted by Gasteiger charge is 2.45. The lowest BCUT2D eigenvalue weighted by Gasteiger charge is -2.39. The monoisotopic (exact) mass is 773 g/mol. The maximum atomic E-state index is 13.1.